The Morgan fingerprint density at radius 3 is 2.75 bits per heavy atom. The van der Waals surface area contributed by atoms with Crippen LogP contribution in [0.5, 0.6) is 0 Å². The van der Waals surface area contributed by atoms with Crippen LogP contribution in [0, 0.1) is 13.8 Å². The minimum atomic E-state index is -0.378. The van der Waals surface area contributed by atoms with E-state index in [-0.39, 0.29) is 6.10 Å². The summed E-state index contributed by atoms with van der Waals surface area (Å²) in [5.74, 6) is 0. The lowest BCUT2D eigenvalue weighted by atomic mass is 10.0. The molecule has 0 bridgehead atoms. The lowest BCUT2D eigenvalue weighted by Crippen LogP contribution is -2.17. The Bertz CT molecular complexity index is 347. The molecule has 0 aliphatic carbocycles. The van der Waals surface area contributed by atoms with Crippen LogP contribution in [0.4, 0.5) is 0 Å². The van der Waals surface area contributed by atoms with Gasteiger partial charge in [-0.2, -0.15) is 0 Å². The fraction of sp³-hybridized carbons (Fsp3) is 0.429. The van der Waals surface area contributed by atoms with Crippen LogP contribution in [0.1, 0.15) is 29.2 Å². The first-order valence-corrected chi connectivity index (χ1v) is 5.72. The molecule has 1 aromatic rings. The van der Waals surface area contributed by atoms with Crippen molar-refractivity contribution in [2.75, 3.05) is 13.1 Å². The lowest BCUT2D eigenvalue weighted by molar-refractivity contribution is 0.167. The third-order valence-electron chi connectivity index (χ3n) is 2.80. The fourth-order valence-corrected chi connectivity index (χ4v) is 1.58. The molecule has 0 amide bonds. The summed E-state index contributed by atoms with van der Waals surface area (Å²) >= 11 is 0. The zero-order chi connectivity index (χ0) is 12.0. The fourth-order valence-electron chi connectivity index (χ4n) is 1.58. The summed E-state index contributed by atoms with van der Waals surface area (Å²) in [6, 6.07) is 6.12. The molecule has 0 saturated carbocycles. The predicted molar refractivity (Wildman–Crippen MR) is 68.6 cm³/mol. The summed E-state index contributed by atoms with van der Waals surface area (Å²) in [5, 5.41) is 13.2. The highest BCUT2D eigenvalue weighted by atomic mass is 16.3. The molecule has 1 aromatic carbocycles. The molecule has 2 N–H and O–H groups in total. The van der Waals surface area contributed by atoms with Gasteiger partial charge in [0.1, 0.15) is 0 Å². The maximum Gasteiger partial charge on any atom is 0.0802 e. The van der Waals surface area contributed by atoms with Gasteiger partial charge in [0.25, 0.3) is 0 Å². The highest BCUT2D eigenvalue weighted by Crippen LogP contribution is 2.19. The van der Waals surface area contributed by atoms with Crippen molar-refractivity contribution in [2.24, 2.45) is 0 Å². The highest BCUT2D eigenvalue weighted by Gasteiger charge is 2.07. The first kappa shape index (κ1) is 12.9. The van der Waals surface area contributed by atoms with Crippen molar-refractivity contribution in [2.45, 2.75) is 26.4 Å². The zero-order valence-electron chi connectivity index (χ0n) is 10.2. The van der Waals surface area contributed by atoms with Gasteiger partial charge in [-0.15, -0.1) is 6.58 Å². The quantitative estimate of drug-likeness (QED) is 0.569. The number of benzene rings is 1. The molecule has 1 unspecified atom stereocenters. The van der Waals surface area contributed by atoms with E-state index >= 15 is 0 Å². The van der Waals surface area contributed by atoms with Crippen LogP contribution in [0.2, 0.25) is 0 Å². The van der Waals surface area contributed by atoms with Gasteiger partial charge in [-0.3, -0.25) is 0 Å². The third-order valence-corrected chi connectivity index (χ3v) is 2.80. The van der Waals surface area contributed by atoms with Gasteiger partial charge in [-0.25, -0.2) is 0 Å². The monoisotopic (exact) mass is 219 g/mol. The van der Waals surface area contributed by atoms with E-state index in [9.17, 15) is 5.11 Å². The maximum atomic E-state index is 9.97. The van der Waals surface area contributed by atoms with Gasteiger partial charge in [0.15, 0.2) is 0 Å². The largest absolute Gasteiger partial charge is 0.388 e. The molecule has 0 aliphatic heterocycles. The molecule has 0 spiro atoms. The SMILES string of the molecule is C=CCNCCC(O)c1ccc(C)c(C)c1. The molecule has 0 aliphatic rings. The minimum Gasteiger partial charge on any atom is -0.388 e. The van der Waals surface area contributed by atoms with Crippen LogP contribution in [0.25, 0.3) is 0 Å². The van der Waals surface area contributed by atoms with Crippen LogP contribution in [-0.4, -0.2) is 18.2 Å². The smallest absolute Gasteiger partial charge is 0.0802 e. The molecule has 2 nitrogen and oxygen atoms in total. The predicted octanol–water partition coefficient (Wildman–Crippen LogP) is 2.50. The Morgan fingerprint density at radius 2 is 2.12 bits per heavy atom. The summed E-state index contributed by atoms with van der Waals surface area (Å²) < 4.78 is 0. The van der Waals surface area contributed by atoms with E-state index in [0.29, 0.717) is 0 Å². The standard InChI is InChI=1S/C14H21NO/c1-4-8-15-9-7-14(16)13-6-5-11(2)12(3)10-13/h4-6,10,14-16H,1,7-9H2,2-3H3. The summed E-state index contributed by atoms with van der Waals surface area (Å²) in [6.07, 6.45) is 2.18. The lowest BCUT2D eigenvalue weighted by Gasteiger charge is -2.12. The van der Waals surface area contributed by atoms with Gasteiger partial charge in [-0.05, 0) is 43.5 Å². The van der Waals surface area contributed by atoms with Crippen LogP contribution in [-0.2, 0) is 0 Å². The number of nitrogens with one attached hydrogen (secondary N) is 1. The van der Waals surface area contributed by atoms with Crippen molar-refractivity contribution in [3.05, 3.63) is 47.5 Å². The van der Waals surface area contributed by atoms with Gasteiger partial charge in [0, 0.05) is 6.54 Å². The second-order valence-electron chi connectivity index (χ2n) is 4.14. The van der Waals surface area contributed by atoms with Gasteiger partial charge in [0.05, 0.1) is 6.10 Å². The Kier molecular flexibility index (Phi) is 5.23. The Balaban J connectivity index is 2.49. The second-order valence-corrected chi connectivity index (χ2v) is 4.14. The van der Waals surface area contributed by atoms with Gasteiger partial charge < -0.3 is 10.4 Å². The van der Waals surface area contributed by atoms with E-state index in [1.807, 2.05) is 12.1 Å². The van der Waals surface area contributed by atoms with Crippen molar-refractivity contribution in [3.8, 4) is 0 Å². The van der Waals surface area contributed by atoms with Gasteiger partial charge >= 0.3 is 0 Å². The van der Waals surface area contributed by atoms with E-state index < -0.39 is 0 Å². The Morgan fingerprint density at radius 1 is 1.38 bits per heavy atom. The number of aliphatic hydroxyl groups excluding tert-OH is 1. The molecular formula is C14H21NO. The zero-order valence-corrected chi connectivity index (χ0v) is 10.2. The number of hydrogen-bond donors (Lipinski definition) is 2. The van der Waals surface area contributed by atoms with Crippen LogP contribution >= 0.6 is 0 Å². The number of aryl methyl sites for hydroxylation is 2. The molecule has 0 radical (unpaired) electrons. The van der Waals surface area contributed by atoms with E-state index in [2.05, 4.69) is 37.9 Å². The van der Waals surface area contributed by atoms with Crippen LogP contribution in [0.3, 0.4) is 0 Å². The van der Waals surface area contributed by atoms with E-state index in [0.717, 1.165) is 25.1 Å². The van der Waals surface area contributed by atoms with Crippen LogP contribution in [0.15, 0.2) is 30.9 Å². The normalized spacial score (nSPS) is 12.4. The summed E-state index contributed by atoms with van der Waals surface area (Å²) in [6.45, 7) is 9.38. The number of aliphatic hydroxyl groups is 1. The number of hydrogen-bond acceptors (Lipinski definition) is 2. The molecule has 0 saturated heterocycles. The van der Waals surface area contributed by atoms with Crippen molar-refractivity contribution in [3.63, 3.8) is 0 Å². The molecule has 0 fully saturated rings. The first-order valence-electron chi connectivity index (χ1n) is 5.72. The molecule has 1 rings (SSSR count). The molecule has 88 valence electrons. The minimum absolute atomic E-state index is 0.378. The average molecular weight is 219 g/mol. The van der Waals surface area contributed by atoms with Gasteiger partial charge in [-0.1, -0.05) is 24.3 Å². The average Bonchev–Trinajstić information content (AvgIpc) is 2.28. The van der Waals surface area contributed by atoms with E-state index in [4.69, 9.17) is 0 Å². The molecular weight excluding hydrogens is 198 g/mol. The topological polar surface area (TPSA) is 32.3 Å². The summed E-state index contributed by atoms with van der Waals surface area (Å²) in [7, 11) is 0. The molecule has 1 atom stereocenters. The van der Waals surface area contributed by atoms with Crippen molar-refractivity contribution < 1.29 is 5.11 Å². The first-order chi connectivity index (χ1) is 7.65. The third kappa shape index (κ3) is 3.80. The highest BCUT2D eigenvalue weighted by molar-refractivity contribution is 5.31. The van der Waals surface area contributed by atoms with Gasteiger partial charge in [0.2, 0.25) is 0 Å². The summed E-state index contributed by atoms with van der Waals surface area (Å²) in [4.78, 5) is 0. The maximum absolute atomic E-state index is 9.97. The van der Waals surface area contributed by atoms with Crippen molar-refractivity contribution in [1.29, 1.82) is 0 Å². The molecule has 16 heavy (non-hydrogen) atoms. The molecule has 0 heterocycles. The summed E-state index contributed by atoms with van der Waals surface area (Å²) in [5.41, 5.74) is 3.50. The van der Waals surface area contributed by atoms with Crippen molar-refractivity contribution >= 4 is 0 Å². The van der Waals surface area contributed by atoms with E-state index in [1.54, 1.807) is 0 Å². The molecule has 0 aromatic heterocycles. The molecule has 2 heteroatoms. The Labute approximate surface area is 98.0 Å². The second kappa shape index (κ2) is 6.46. The van der Waals surface area contributed by atoms with Crippen molar-refractivity contribution in [1.82, 2.24) is 5.32 Å². The number of rotatable bonds is 6. The van der Waals surface area contributed by atoms with Crippen LogP contribution < -0.4 is 5.32 Å². The van der Waals surface area contributed by atoms with E-state index in [1.165, 1.54) is 11.1 Å². The Hall–Kier alpha value is -1.12.